The highest BCUT2D eigenvalue weighted by atomic mass is 32.1. The number of nitrogens with one attached hydrogen (secondary N) is 2. The number of alkyl carbamates (subject to hydrolysis) is 1. The zero-order chi connectivity index (χ0) is 18.4. The molecule has 0 fully saturated rings. The third-order valence-corrected chi connectivity index (χ3v) is 4.01. The van der Waals surface area contributed by atoms with E-state index >= 15 is 0 Å². The molecule has 2 N–H and O–H groups in total. The summed E-state index contributed by atoms with van der Waals surface area (Å²) in [7, 11) is 0. The number of hydrogen-bond donors (Lipinski definition) is 2. The molecule has 0 aliphatic rings. The van der Waals surface area contributed by atoms with Gasteiger partial charge in [0.2, 0.25) is 0 Å². The van der Waals surface area contributed by atoms with Gasteiger partial charge in [0.1, 0.15) is 5.00 Å². The van der Waals surface area contributed by atoms with E-state index in [0.717, 1.165) is 11.3 Å². The van der Waals surface area contributed by atoms with Crippen LogP contribution >= 0.6 is 11.3 Å². The lowest BCUT2D eigenvalue weighted by molar-refractivity contribution is 0.0925. The normalized spacial score (nSPS) is 10.0. The Bertz CT molecular complexity index is 811. The fraction of sp³-hybridized carbons (Fsp3) is 0.176. The Labute approximate surface area is 148 Å². The first-order valence-electron chi connectivity index (χ1n) is 7.40. The Morgan fingerprint density at radius 2 is 1.64 bits per heavy atom. The van der Waals surface area contributed by atoms with Gasteiger partial charge in [-0.3, -0.25) is 19.7 Å². The van der Waals surface area contributed by atoms with Crippen LogP contribution in [0, 0.1) is 0 Å². The number of thiophene rings is 1. The Morgan fingerprint density at radius 3 is 2.24 bits per heavy atom. The van der Waals surface area contributed by atoms with E-state index in [-0.39, 0.29) is 18.0 Å². The zero-order valence-electron chi connectivity index (χ0n) is 13.6. The standard InChI is InChI=1S/C17H16N2O5S/c1-3-24-17(23)19-15(22)13-8-9-25-16(13)18-14(21)12-6-4-11(5-7-12)10(2)20/h4-9H,3H2,1-2H3,(H,18,21)(H,19,22,23). The molecule has 0 aliphatic heterocycles. The summed E-state index contributed by atoms with van der Waals surface area (Å²) in [5, 5.41) is 6.63. The number of anilines is 1. The summed E-state index contributed by atoms with van der Waals surface area (Å²) < 4.78 is 4.65. The van der Waals surface area contributed by atoms with Crippen LogP contribution < -0.4 is 10.6 Å². The fourth-order valence-corrected chi connectivity index (χ4v) is 2.72. The van der Waals surface area contributed by atoms with Gasteiger partial charge in [0.05, 0.1) is 12.2 Å². The van der Waals surface area contributed by atoms with Crippen LogP contribution in [0.15, 0.2) is 35.7 Å². The third kappa shape index (κ3) is 4.74. The molecular formula is C17H16N2O5S. The van der Waals surface area contributed by atoms with Crippen LogP contribution in [-0.4, -0.2) is 30.3 Å². The smallest absolute Gasteiger partial charge is 0.414 e. The predicted molar refractivity (Wildman–Crippen MR) is 93.2 cm³/mol. The maximum absolute atomic E-state index is 12.3. The Balaban J connectivity index is 2.09. The van der Waals surface area contributed by atoms with Gasteiger partial charge in [-0.2, -0.15) is 0 Å². The van der Waals surface area contributed by atoms with Crippen LogP contribution in [0.25, 0.3) is 0 Å². The average Bonchev–Trinajstić information content (AvgIpc) is 3.03. The summed E-state index contributed by atoms with van der Waals surface area (Å²) in [5.41, 5.74) is 1.00. The number of rotatable bonds is 5. The first-order valence-corrected chi connectivity index (χ1v) is 8.28. The molecule has 0 atom stereocenters. The Kier molecular flexibility index (Phi) is 6.02. The highest BCUT2D eigenvalue weighted by molar-refractivity contribution is 7.14. The van der Waals surface area contributed by atoms with Crippen molar-refractivity contribution in [3.8, 4) is 0 Å². The van der Waals surface area contributed by atoms with Crippen molar-refractivity contribution in [3.05, 3.63) is 52.4 Å². The lowest BCUT2D eigenvalue weighted by Crippen LogP contribution is -2.31. The highest BCUT2D eigenvalue weighted by Gasteiger charge is 2.18. The van der Waals surface area contributed by atoms with Crippen molar-refractivity contribution in [2.24, 2.45) is 0 Å². The summed E-state index contributed by atoms with van der Waals surface area (Å²) in [4.78, 5) is 46.9. The summed E-state index contributed by atoms with van der Waals surface area (Å²) in [6.45, 7) is 3.20. The SMILES string of the molecule is CCOC(=O)NC(=O)c1ccsc1NC(=O)c1ccc(C(C)=O)cc1. The second kappa shape index (κ2) is 8.20. The maximum Gasteiger partial charge on any atom is 0.414 e. The molecule has 1 heterocycles. The number of amides is 3. The molecule has 0 spiro atoms. The highest BCUT2D eigenvalue weighted by Crippen LogP contribution is 2.24. The first-order chi connectivity index (χ1) is 11.9. The van der Waals surface area contributed by atoms with E-state index in [2.05, 4.69) is 15.4 Å². The second-order valence-electron chi connectivity index (χ2n) is 4.93. The number of ether oxygens (including phenoxy) is 1. The Hall–Kier alpha value is -3.00. The number of carbonyl (C=O) groups excluding carboxylic acids is 4. The fourth-order valence-electron chi connectivity index (χ4n) is 1.94. The van der Waals surface area contributed by atoms with E-state index in [4.69, 9.17) is 0 Å². The van der Waals surface area contributed by atoms with Crippen molar-refractivity contribution >= 4 is 40.0 Å². The van der Waals surface area contributed by atoms with Crippen molar-refractivity contribution in [1.82, 2.24) is 5.32 Å². The van der Waals surface area contributed by atoms with Crippen molar-refractivity contribution in [2.45, 2.75) is 13.8 Å². The molecule has 1 aromatic carbocycles. The van der Waals surface area contributed by atoms with Gasteiger partial charge in [-0.1, -0.05) is 12.1 Å². The van der Waals surface area contributed by atoms with E-state index in [0.29, 0.717) is 16.1 Å². The van der Waals surface area contributed by atoms with Gasteiger partial charge in [0.25, 0.3) is 11.8 Å². The van der Waals surface area contributed by atoms with E-state index < -0.39 is 17.9 Å². The van der Waals surface area contributed by atoms with E-state index in [1.807, 2.05) is 0 Å². The molecule has 2 aromatic rings. The largest absolute Gasteiger partial charge is 0.450 e. The van der Waals surface area contributed by atoms with Crippen molar-refractivity contribution < 1.29 is 23.9 Å². The van der Waals surface area contributed by atoms with Crippen molar-refractivity contribution in [1.29, 1.82) is 0 Å². The molecule has 0 bridgehead atoms. The molecular weight excluding hydrogens is 344 g/mol. The monoisotopic (exact) mass is 360 g/mol. The van der Waals surface area contributed by atoms with Gasteiger partial charge >= 0.3 is 6.09 Å². The third-order valence-electron chi connectivity index (χ3n) is 3.18. The van der Waals surface area contributed by atoms with E-state index in [1.54, 1.807) is 24.4 Å². The summed E-state index contributed by atoms with van der Waals surface area (Å²) >= 11 is 1.15. The second-order valence-corrected chi connectivity index (χ2v) is 5.84. The minimum atomic E-state index is -0.851. The molecule has 0 unspecified atom stereocenters. The topological polar surface area (TPSA) is 102 Å². The Morgan fingerprint density at radius 1 is 1.00 bits per heavy atom. The van der Waals surface area contributed by atoms with Crippen molar-refractivity contribution in [3.63, 3.8) is 0 Å². The average molecular weight is 360 g/mol. The summed E-state index contributed by atoms with van der Waals surface area (Å²) in [5.74, 6) is -1.19. The van der Waals surface area contributed by atoms with Crippen LogP contribution in [0.1, 0.15) is 44.9 Å². The molecule has 130 valence electrons. The lowest BCUT2D eigenvalue weighted by Gasteiger charge is -2.07. The van der Waals surface area contributed by atoms with Crippen LogP contribution in [0.3, 0.4) is 0 Å². The zero-order valence-corrected chi connectivity index (χ0v) is 14.4. The molecule has 1 aromatic heterocycles. The van der Waals surface area contributed by atoms with Gasteiger partial charge in [-0.15, -0.1) is 11.3 Å². The van der Waals surface area contributed by atoms with Crippen LogP contribution in [-0.2, 0) is 4.74 Å². The minimum absolute atomic E-state index is 0.0943. The number of hydrogen-bond acceptors (Lipinski definition) is 6. The maximum atomic E-state index is 12.3. The van der Waals surface area contributed by atoms with Crippen LogP contribution in [0.2, 0.25) is 0 Å². The molecule has 3 amide bonds. The molecule has 0 saturated heterocycles. The quantitative estimate of drug-likeness (QED) is 0.798. The van der Waals surface area contributed by atoms with Crippen LogP contribution in [0.4, 0.5) is 9.80 Å². The van der Waals surface area contributed by atoms with E-state index in [1.165, 1.54) is 25.1 Å². The van der Waals surface area contributed by atoms with Crippen molar-refractivity contribution in [2.75, 3.05) is 11.9 Å². The first kappa shape index (κ1) is 18.3. The van der Waals surface area contributed by atoms with Gasteiger partial charge in [-0.25, -0.2) is 4.79 Å². The van der Waals surface area contributed by atoms with Gasteiger partial charge < -0.3 is 10.1 Å². The molecule has 0 aliphatic carbocycles. The summed E-state index contributed by atoms with van der Waals surface area (Å²) in [6, 6.07) is 7.66. The minimum Gasteiger partial charge on any atom is -0.450 e. The van der Waals surface area contributed by atoms with Gasteiger partial charge in [0, 0.05) is 11.1 Å². The number of carbonyl (C=O) groups is 4. The van der Waals surface area contributed by atoms with Gasteiger partial charge in [-0.05, 0) is 37.4 Å². The molecule has 0 saturated carbocycles. The molecule has 2 rings (SSSR count). The molecule has 7 nitrogen and oxygen atoms in total. The number of imide groups is 1. The molecule has 25 heavy (non-hydrogen) atoms. The number of Topliss-reactive ketones (excluding diaryl/α,β-unsaturated/α-hetero) is 1. The summed E-state index contributed by atoms with van der Waals surface area (Å²) in [6.07, 6.45) is -0.851. The molecule has 8 heteroatoms. The van der Waals surface area contributed by atoms with Gasteiger partial charge in [0.15, 0.2) is 5.78 Å². The predicted octanol–water partition coefficient (Wildman–Crippen LogP) is 3.09. The number of benzene rings is 1. The lowest BCUT2D eigenvalue weighted by atomic mass is 10.1. The molecule has 0 radical (unpaired) electrons. The number of ketones is 1. The van der Waals surface area contributed by atoms with Crippen LogP contribution in [0.5, 0.6) is 0 Å². The van der Waals surface area contributed by atoms with E-state index in [9.17, 15) is 19.2 Å².